The Morgan fingerprint density at radius 3 is 2.70 bits per heavy atom. The fraction of sp³-hybridized carbons (Fsp3) is 0.381. The van der Waals surface area contributed by atoms with Gasteiger partial charge in [-0.3, -0.25) is 4.79 Å². The van der Waals surface area contributed by atoms with Crippen LogP contribution in [-0.2, 0) is 11.2 Å². The fourth-order valence-corrected chi connectivity index (χ4v) is 3.59. The second-order valence-electron chi connectivity index (χ2n) is 7.21. The molecule has 3 N–H and O–H groups in total. The Balaban J connectivity index is 1.27. The molecule has 2 aromatic rings. The van der Waals surface area contributed by atoms with E-state index in [0.29, 0.717) is 19.5 Å². The maximum atomic E-state index is 12.7. The number of benzene rings is 2. The summed E-state index contributed by atoms with van der Waals surface area (Å²) in [6.45, 7) is 3.37. The van der Waals surface area contributed by atoms with Crippen molar-refractivity contribution in [2.24, 2.45) is 0 Å². The highest BCUT2D eigenvalue weighted by Crippen LogP contribution is 2.26. The number of rotatable bonds is 5. The molecule has 6 heteroatoms. The summed E-state index contributed by atoms with van der Waals surface area (Å²) >= 11 is 0. The van der Waals surface area contributed by atoms with Crippen molar-refractivity contribution in [2.45, 2.75) is 38.0 Å². The van der Waals surface area contributed by atoms with E-state index in [1.165, 1.54) is 5.56 Å². The van der Waals surface area contributed by atoms with Gasteiger partial charge in [-0.1, -0.05) is 31.2 Å². The number of hydrogen-bond donors (Lipinski definition) is 3. The van der Waals surface area contributed by atoms with Crippen molar-refractivity contribution in [1.82, 2.24) is 15.8 Å². The van der Waals surface area contributed by atoms with Gasteiger partial charge in [-0.2, -0.15) is 0 Å². The molecule has 2 saturated heterocycles. The molecule has 27 heavy (non-hydrogen) atoms. The number of carbonyl (C=O) groups excluding carboxylic acids is 1. The SMILES string of the molecule is CCc1cccc(OC2CN(C(=O)C3CC(c4ccc(O)cc4)NN3)C2)c1. The Morgan fingerprint density at radius 1 is 1.19 bits per heavy atom. The highest BCUT2D eigenvalue weighted by molar-refractivity contribution is 5.83. The van der Waals surface area contributed by atoms with Gasteiger partial charge in [0, 0.05) is 6.04 Å². The number of ether oxygens (including phenoxy) is 1. The largest absolute Gasteiger partial charge is 0.508 e. The van der Waals surface area contributed by atoms with Crippen LogP contribution in [0.15, 0.2) is 48.5 Å². The topological polar surface area (TPSA) is 73.8 Å². The number of nitrogens with one attached hydrogen (secondary N) is 2. The molecule has 4 rings (SSSR count). The molecule has 142 valence electrons. The summed E-state index contributed by atoms with van der Waals surface area (Å²) in [5.41, 5.74) is 8.59. The Morgan fingerprint density at radius 2 is 1.96 bits per heavy atom. The molecule has 1 amide bonds. The molecule has 2 aromatic carbocycles. The zero-order valence-corrected chi connectivity index (χ0v) is 15.4. The number of aryl methyl sites for hydroxylation is 1. The monoisotopic (exact) mass is 367 g/mol. The van der Waals surface area contributed by atoms with E-state index in [1.807, 2.05) is 29.2 Å². The van der Waals surface area contributed by atoms with E-state index in [1.54, 1.807) is 12.1 Å². The molecule has 2 fully saturated rings. The quantitative estimate of drug-likeness (QED) is 0.755. The summed E-state index contributed by atoms with van der Waals surface area (Å²) in [4.78, 5) is 14.5. The second kappa shape index (κ2) is 7.58. The number of amides is 1. The van der Waals surface area contributed by atoms with E-state index in [4.69, 9.17) is 4.74 Å². The van der Waals surface area contributed by atoms with Crippen LogP contribution in [0.1, 0.15) is 30.5 Å². The minimum absolute atomic E-state index is 0.0586. The highest BCUT2D eigenvalue weighted by atomic mass is 16.5. The molecule has 0 aromatic heterocycles. The van der Waals surface area contributed by atoms with Gasteiger partial charge in [0.25, 0.3) is 0 Å². The summed E-state index contributed by atoms with van der Waals surface area (Å²) in [7, 11) is 0. The maximum Gasteiger partial charge on any atom is 0.241 e. The molecule has 6 nitrogen and oxygen atoms in total. The van der Waals surface area contributed by atoms with Gasteiger partial charge in [-0.15, -0.1) is 0 Å². The van der Waals surface area contributed by atoms with Gasteiger partial charge in [0.2, 0.25) is 5.91 Å². The van der Waals surface area contributed by atoms with Gasteiger partial charge in [-0.05, 0) is 48.2 Å². The van der Waals surface area contributed by atoms with E-state index in [0.717, 1.165) is 17.7 Å². The number of nitrogens with zero attached hydrogens (tertiary/aromatic N) is 1. The average Bonchev–Trinajstić information content (AvgIpc) is 3.15. The molecular formula is C21H25N3O3. The summed E-state index contributed by atoms with van der Waals surface area (Å²) in [5, 5.41) is 9.40. The van der Waals surface area contributed by atoms with Crippen LogP contribution in [0.4, 0.5) is 0 Å². The maximum absolute atomic E-state index is 12.7. The third-order valence-corrected chi connectivity index (χ3v) is 5.27. The third kappa shape index (κ3) is 3.91. The van der Waals surface area contributed by atoms with Crippen molar-refractivity contribution in [3.63, 3.8) is 0 Å². The van der Waals surface area contributed by atoms with E-state index in [2.05, 4.69) is 29.9 Å². The van der Waals surface area contributed by atoms with E-state index in [-0.39, 0.29) is 29.8 Å². The number of phenols is 1. The number of phenolic OH excluding ortho intramolecular Hbond substituents is 1. The predicted octanol–water partition coefficient (Wildman–Crippen LogP) is 2.15. The molecule has 2 unspecified atom stereocenters. The lowest BCUT2D eigenvalue weighted by molar-refractivity contribution is -0.142. The molecule has 2 aliphatic heterocycles. The highest BCUT2D eigenvalue weighted by Gasteiger charge is 2.39. The molecule has 2 aliphatic rings. The van der Waals surface area contributed by atoms with Crippen molar-refractivity contribution >= 4 is 5.91 Å². The standard InChI is InChI=1S/C21H25N3O3/c1-2-14-4-3-5-17(10-14)27-18-12-24(13-18)21(26)20-11-19(22-23-20)15-6-8-16(25)9-7-15/h3-10,18-20,22-23,25H,2,11-13H2,1H3. The Kier molecular flexibility index (Phi) is 5.01. The lowest BCUT2D eigenvalue weighted by Crippen LogP contribution is -2.60. The Hall–Kier alpha value is -2.57. The predicted molar refractivity (Wildman–Crippen MR) is 102 cm³/mol. The normalized spacial score (nSPS) is 22.5. The summed E-state index contributed by atoms with van der Waals surface area (Å²) in [6, 6.07) is 15.0. The number of likely N-dealkylation sites (tertiary alicyclic amines) is 1. The van der Waals surface area contributed by atoms with Gasteiger partial charge in [0.1, 0.15) is 23.6 Å². The van der Waals surface area contributed by atoms with Crippen molar-refractivity contribution in [2.75, 3.05) is 13.1 Å². The number of hydrazine groups is 1. The van der Waals surface area contributed by atoms with Gasteiger partial charge in [-0.25, -0.2) is 10.9 Å². The number of hydrogen-bond acceptors (Lipinski definition) is 5. The van der Waals surface area contributed by atoms with Gasteiger partial charge < -0.3 is 14.7 Å². The van der Waals surface area contributed by atoms with Crippen molar-refractivity contribution in [1.29, 1.82) is 0 Å². The van der Waals surface area contributed by atoms with Crippen molar-refractivity contribution in [3.8, 4) is 11.5 Å². The third-order valence-electron chi connectivity index (χ3n) is 5.27. The molecule has 0 bridgehead atoms. The lowest BCUT2D eigenvalue weighted by atomic mass is 10.0. The first kappa shape index (κ1) is 17.8. The minimum Gasteiger partial charge on any atom is -0.508 e. The average molecular weight is 367 g/mol. The number of carbonyl (C=O) groups is 1. The summed E-state index contributed by atoms with van der Waals surface area (Å²) in [6.07, 6.45) is 1.72. The van der Waals surface area contributed by atoms with E-state index >= 15 is 0 Å². The van der Waals surface area contributed by atoms with Crippen LogP contribution in [0, 0.1) is 0 Å². The molecule has 0 aliphatic carbocycles. The molecule has 0 saturated carbocycles. The van der Waals surface area contributed by atoms with Crippen LogP contribution in [0.25, 0.3) is 0 Å². The molecular weight excluding hydrogens is 342 g/mol. The zero-order chi connectivity index (χ0) is 18.8. The van der Waals surface area contributed by atoms with E-state index in [9.17, 15) is 9.90 Å². The van der Waals surface area contributed by atoms with E-state index < -0.39 is 0 Å². The van der Waals surface area contributed by atoms with Crippen LogP contribution in [0.3, 0.4) is 0 Å². The first-order chi connectivity index (χ1) is 13.1. The van der Waals surface area contributed by atoms with Gasteiger partial charge in [0.15, 0.2) is 0 Å². The summed E-state index contributed by atoms with van der Waals surface area (Å²) < 4.78 is 5.98. The second-order valence-corrected chi connectivity index (χ2v) is 7.21. The first-order valence-electron chi connectivity index (χ1n) is 9.46. The van der Waals surface area contributed by atoms with Crippen molar-refractivity contribution < 1.29 is 14.6 Å². The molecule has 0 radical (unpaired) electrons. The first-order valence-corrected chi connectivity index (χ1v) is 9.46. The zero-order valence-electron chi connectivity index (χ0n) is 15.4. The Bertz CT molecular complexity index is 803. The fourth-order valence-electron chi connectivity index (χ4n) is 3.59. The van der Waals surface area contributed by atoms with Crippen LogP contribution in [0.2, 0.25) is 0 Å². The van der Waals surface area contributed by atoms with Crippen LogP contribution >= 0.6 is 0 Å². The van der Waals surface area contributed by atoms with Crippen LogP contribution < -0.4 is 15.6 Å². The van der Waals surface area contributed by atoms with Gasteiger partial charge >= 0.3 is 0 Å². The van der Waals surface area contributed by atoms with Crippen LogP contribution in [-0.4, -0.2) is 41.1 Å². The van der Waals surface area contributed by atoms with Crippen molar-refractivity contribution in [3.05, 3.63) is 59.7 Å². The smallest absolute Gasteiger partial charge is 0.241 e. The minimum atomic E-state index is -0.242. The number of aromatic hydroxyl groups is 1. The summed E-state index contributed by atoms with van der Waals surface area (Å²) in [5.74, 6) is 1.22. The Labute approximate surface area is 159 Å². The van der Waals surface area contributed by atoms with Gasteiger partial charge in [0.05, 0.1) is 13.1 Å². The lowest BCUT2D eigenvalue weighted by Gasteiger charge is -2.40. The molecule has 0 spiro atoms. The van der Waals surface area contributed by atoms with Crippen LogP contribution in [0.5, 0.6) is 11.5 Å². The molecule has 2 heterocycles. The molecule has 2 atom stereocenters.